The van der Waals surface area contributed by atoms with Gasteiger partial charge in [-0.05, 0) is 60.0 Å². The quantitative estimate of drug-likeness (QED) is 0.180. The molecule has 7 aromatic heterocycles. The highest BCUT2D eigenvalue weighted by molar-refractivity contribution is 6.21. The number of aromatic nitrogens is 9. The molecule has 0 unspecified atom stereocenters. The van der Waals surface area contributed by atoms with E-state index in [2.05, 4.69) is 39.4 Å². The van der Waals surface area contributed by atoms with Gasteiger partial charge in [-0.2, -0.15) is 15.3 Å². The summed E-state index contributed by atoms with van der Waals surface area (Å²) in [6.07, 6.45) is 10.6. The van der Waals surface area contributed by atoms with Gasteiger partial charge < -0.3 is 9.40 Å². The lowest BCUT2D eigenvalue weighted by Gasteiger charge is -2.18. The molecular weight excluding hydrogens is 635 g/mol. The Morgan fingerprint density at radius 3 is 2.25 bits per heavy atom. The third-order valence-electron chi connectivity index (χ3n) is 9.12. The van der Waals surface area contributed by atoms with E-state index in [1.54, 1.807) is 30.9 Å². The largest absolute Gasteiger partial charge is 0.453 e. The number of nitrogens with one attached hydrogen (secondary N) is 2. The number of furan rings is 1. The Kier molecular flexibility index (Phi) is 6.56. The third kappa shape index (κ3) is 4.61. The highest BCUT2D eigenvalue weighted by Crippen LogP contribution is 2.54. The Balaban J connectivity index is 1.49. The lowest BCUT2D eigenvalue weighted by atomic mass is 9.85. The average Bonchev–Trinajstić information content (AvgIpc) is 4.00. The van der Waals surface area contributed by atoms with Crippen LogP contribution in [-0.2, 0) is 0 Å². The molecule has 0 atom stereocenters. The summed E-state index contributed by atoms with van der Waals surface area (Å²) < 4.78 is 7.26. The Labute approximate surface area is 290 Å². The third-order valence-corrected chi connectivity index (χ3v) is 9.12. The molecule has 51 heavy (non-hydrogen) atoms. The Hall–Kier alpha value is -7.33. The smallest absolute Gasteiger partial charge is 0.163 e. The van der Waals surface area contributed by atoms with E-state index in [0.29, 0.717) is 39.9 Å². The number of rotatable bonds is 6. The molecule has 0 aliphatic rings. The van der Waals surface area contributed by atoms with E-state index in [1.807, 2.05) is 85.2 Å². The molecule has 0 saturated heterocycles. The zero-order valence-corrected chi connectivity index (χ0v) is 26.8. The van der Waals surface area contributed by atoms with E-state index in [-0.39, 0.29) is 0 Å². The van der Waals surface area contributed by atoms with Gasteiger partial charge in [-0.15, -0.1) is 0 Å². The molecule has 10 aromatic rings. The van der Waals surface area contributed by atoms with Gasteiger partial charge in [-0.3, -0.25) is 10.1 Å². The minimum atomic E-state index is 0.495. The molecule has 0 aliphatic carbocycles. The van der Waals surface area contributed by atoms with Gasteiger partial charge in [0.25, 0.3) is 0 Å². The van der Waals surface area contributed by atoms with Crippen molar-refractivity contribution in [1.29, 1.82) is 0 Å². The van der Waals surface area contributed by atoms with E-state index in [9.17, 15) is 0 Å². The number of pyridine rings is 2. The van der Waals surface area contributed by atoms with E-state index in [0.717, 1.165) is 60.6 Å². The van der Waals surface area contributed by atoms with E-state index in [4.69, 9.17) is 34.6 Å². The lowest BCUT2D eigenvalue weighted by molar-refractivity contribution is 0.631. The Morgan fingerprint density at radius 1 is 0.549 bits per heavy atom. The van der Waals surface area contributed by atoms with Crippen LogP contribution in [0.25, 0.3) is 101 Å². The zero-order chi connectivity index (χ0) is 33.7. The number of hydrogen-bond acceptors (Lipinski definition) is 8. The summed E-state index contributed by atoms with van der Waals surface area (Å²) in [5.41, 5.74) is 8.75. The number of benzene rings is 3. The van der Waals surface area contributed by atoms with Crippen molar-refractivity contribution in [2.45, 2.75) is 0 Å². The first-order chi connectivity index (χ1) is 25.3. The fraction of sp³-hybridized carbons (Fsp3) is 0. The van der Waals surface area contributed by atoms with Crippen molar-refractivity contribution in [3.8, 4) is 67.9 Å². The van der Waals surface area contributed by atoms with Crippen LogP contribution < -0.4 is 0 Å². The van der Waals surface area contributed by atoms with Crippen LogP contribution in [0.3, 0.4) is 0 Å². The van der Waals surface area contributed by atoms with Crippen LogP contribution in [0.5, 0.6) is 0 Å². The van der Waals surface area contributed by atoms with Crippen LogP contribution in [0.4, 0.5) is 0 Å². The first-order valence-electron chi connectivity index (χ1n) is 16.4. The second-order valence-corrected chi connectivity index (χ2v) is 12.0. The molecule has 0 bridgehead atoms. The maximum absolute atomic E-state index is 7.26. The summed E-state index contributed by atoms with van der Waals surface area (Å²) in [4.78, 5) is 23.3. The van der Waals surface area contributed by atoms with Crippen LogP contribution >= 0.6 is 0 Å². The van der Waals surface area contributed by atoms with Crippen LogP contribution in [0.2, 0.25) is 0 Å². The molecule has 7 heterocycles. The number of fused-ring (bicyclic) bond motifs is 3. The SMILES string of the molecule is c1cnc(-c2c(-c3cc[nH]n3)c(-c3ccc[nH]3)c3oc(-c4nccc5ccccc45)c(-c4ccc5ccccc5n4)c3c2-c2cccnn2)nc1. The van der Waals surface area contributed by atoms with Crippen molar-refractivity contribution in [3.05, 3.63) is 140 Å². The molecule has 0 aliphatic heterocycles. The molecule has 10 rings (SSSR count). The van der Waals surface area contributed by atoms with E-state index < -0.39 is 0 Å². The van der Waals surface area contributed by atoms with Gasteiger partial charge in [0.05, 0.1) is 33.7 Å². The minimum Gasteiger partial charge on any atom is -0.453 e. The van der Waals surface area contributed by atoms with Gasteiger partial charge in [-0.1, -0.05) is 48.5 Å². The molecule has 3 aromatic carbocycles. The number of aromatic amines is 2. The summed E-state index contributed by atoms with van der Waals surface area (Å²) >= 11 is 0. The van der Waals surface area contributed by atoms with Gasteiger partial charge >= 0.3 is 0 Å². The van der Waals surface area contributed by atoms with Crippen LogP contribution in [0, 0.1) is 0 Å². The molecule has 2 N–H and O–H groups in total. The standard InChI is InChI=1S/C41H25N9O/c1-3-10-26-24(8-1)16-22-43-38(26)40-35(29-15-14-25-9-2-4-11-27(25)48-29)36-33(30-13-6-21-46-49-30)37(41-44-19-7-20-45-41)32(31-17-23-47-50-31)34(39(36)51-40)28-12-5-18-42-28/h1-23,42H,(H,47,50). The fourth-order valence-corrected chi connectivity index (χ4v) is 6.99. The van der Waals surface area contributed by atoms with E-state index >= 15 is 0 Å². The summed E-state index contributed by atoms with van der Waals surface area (Å²) in [5.74, 6) is 1.07. The molecule has 0 fully saturated rings. The van der Waals surface area contributed by atoms with Gasteiger partial charge in [0.1, 0.15) is 11.3 Å². The predicted octanol–water partition coefficient (Wildman–Crippen LogP) is 9.16. The summed E-state index contributed by atoms with van der Waals surface area (Å²) in [6.45, 7) is 0. The average molecular weight is 660 g/mol. The van der Waals surface area contributed by atoms with Gasteiger partial charge in [0.2, 0.25) is 0 Å². The Morgan fingerprint density at radius 2 is 1.43 bits per heavy atom. The number of hydrogen-bond donors (Lipinski definition) is 2. The molecule has 0 amide bonds. The van der Waals surface area contributed by atoms with E-state index in [1.165, 1.54) is 0 Å². The second kappa shape index (κ2) is 11.7. The van der Waals surface area contributed by atoms with Gasteiger partial charge in [0, 0.05) is 75.7 Å². The topological polar surface area (TPSA) is 135 Å². The van der Waals surface area contributed by atoms with Crippen molar-refractivity contribution in [2.75, 3.05) is 0 Å². The molecule has 0 saturated carbocycles. The maximum atomic E-state index is 7.26. The van der Waals surface area contributed by atoms with Crippen molar-refractivity contribution in [2.24, 2.45) is 0 Å². The van der Waals surface area contributed by atoms with Crippen molar-refractivity contribution in [3.63, 3.8) is 0 Å². The summed E-state index contributed by atoms with van der Waals surface area (Å²) in [5, 5.41) is 20.5. The fourth-order valence-electron chi connectivity index (χ4n) is 6.99. The zero-order valence-electron chi connectivity index (χ0n) is 26.8. The molecule has 0 spiro atoms. The lowest BCUT2D eigenvalue weighted by Crippen LogP contribution is -2.01. The highest BCUT2D eigenvalue weighted by atomic mass is 16.3. The molecular formula is C41H25N9O. The van der Waals surface area contributed by atoms with Crippen molar-refractivity contribution in [1.82, 2.24) is 45.3 Å². The second-order valence-electron chi connectivity index (χ2n) is 12.0. The van der Waals surface area contributed by atoms with Crippen LogP contribution in [-0.4, -0.2) is 45.3 Å². The van der Waals surface area contributed by atoms with Crippen molar-refractivity contribution < 1.29 is 4.42 Å². The van der Waals surface area contributed by atoms with Crippen LogP contribution in [0.15, 0.2) is 145 Å². The normalized spacial score (nSPS) is 11.5. The number of para-hydroxylation sites is 1. The number of nitrogens with zero attached hydrogens (tertiary/aromatic N) is 7. The Bertz CT molecular complexity index is 2840. The highest BCUT2D eigenvalue weighted by Gasteiger charge is 2.34. The first-order valence-corrected chi connectivity index (χ1v) is 16.4. The van der Waals surface area contributed by atoms with Crippen molar-refractivity contribution >= 4 is 32.6 Å². The maximum Gasteiger partial charge on any atom is 0.163 e. The minimum absolute atomic E-state index is 0.495. The van der Waals surface area contributed by atoms with Gasteiger partial charge in [-0.25, -0.2) is 15.0 Å². The predicted molar refractivity (Wildman–Crippen MR) is 197 cm³/mol. The number of H-pyrrole nitrogens is 2. The summed E-state index contributed by atoms with van der Waals surface area (Å²) in [6, 6.07) is 33.9. The monoisotopic (exact) mass is 659 g/mol. The molecule has 0 radical (unpaired) electrons. The van der Waals surface area contributed by atoms with Gasteiger partial charge in [0.15, 0.2) is 11.6 Å². The molecule has 10 nitrogen and oxygen atoms in total. The van der Waals surface area contributed by atoms with Crippen LogP contribution in [0.1, 0.15) is 0 Å². The molecule has 10 heteroatoms. The summed E-state index contributed by atoms with van der Waals surface area (Å²) in [7, 11) is 0. The molecule has 240 valence electrons. The first kappa shape index (κ1) is 28.7.